The Hall–Kier alpha value is -2.86. The summed E-state index contributed by atoms with van der Waals surface area (Å²) in [6.45, 7) is 0.533. The van der Waals surface area contributed by atoms with Crippen LogP contribution in [0.15, 0.2) is 54.7 Å². The summed E-state index contributed by atoms with van der Waals surface area (Å²) in [5.74, 6) is 0.996. The first-order chi connectivity index (χ1) is 13.2. The zero-order valence-electron chi connectivity index (χ0n) is 15.4. The van der Waals surface area contributed by atoms with Gasteiger partial charge in [-0.2, -0.15) is 0 Å². The maximum atomic E-state index is 12.3. The molecular weight excluding hydrogens is 360 g/mol. The molecule has 0 atom stereocenters. The summed E-state index contributed by atoms with van der Waals surface area (Å²) in [5, 5.41) is 3.95. The molecule has 3 rings (SSSR count). The lowest BCUT2D eigenvalue weighted by atomic mass is 10.1. The fraction of sp³-hybridized carbons (Fsp3) is 0.238. The van der Waals surface area contributed by atoms with Crippen LogP contribution in [0.5, 0.6) is 11.5 Å². The van der Waals surface area contributed by atoms with Crippen LogP contribution in [0, 0.1) is 0 Å². The highest BCUT2D eigenvalue weighted by Crippen LogP contribution is 2.27. The van der Waals surface area contributed by atoms with Gasteiger partial charge in [0.05, 0.1) is 19.2 Å². The fourth-order valence-electron chi connectivity index (χ4n) is 2.70. The van der Waals surface area contributed by atoms with E-state index in [1.165, 1.54) is 10.4 Å². The molecule has 5 nitrogen and oxygen atoms in total. The number of thiazole rings is 1. The molecule has 1 aromatic heterocycles. The molecule has 0 radical (unpaired) electrons. The molecule has 6 heteroatoms. The average molecular weight is 382 g/mol. The van der Waals surface area contributed by atoms with Crippen molar-refractivity contribution >= 4 is 17.2 Å². The minimum atomic E-state index is -0.142. The number of methoxy groups -OCH3 is 2. The molecule has 0 aliphatic carbocycles. The Labute approximate surface area is 163 Å². The van der Waals surface area contributed by atoms with Crippen LogP contribution in [-0.2, 0) is 12.8 Å². The summed E-state index contributed by atoms with van der Waals surface area (Å²) in [6, 6.07) is 15.5. The van der Waals surface area contributed by atoms with Gasteiger partial charge in [0.2, 0.25) is 0 Å². The molecule has 1 N–H and O–H groups in total. The largest absolute Gasteiger partial charge is 0.493 e. The molecule has 0 spiro atoms. The predicted octanol–water partition coefficient (Wildman–Crippen LogP) is 3.72. The lowest BCUT2D eigenvalue weighted by Gasteiger charge is -2.09. The third kappa shape index (κ3) is 5.08. The van der Waals surface area contributed by atoms with E-state index in [0.717, 1.165) is 11.4 Å². The van der Waals surface area contributed by atoms with Crippen molar-refractivity contribution in [3.63, 3.8) is 0 Å². The second kappa shape index (κ2) is 9.19. The maximum Gasteiger partial charge on any atom is 0.251 e. The quantitative estimate of drug-likeness (QED) is 0.645. The summed E-state index contributed by atoms with van der Waals surface area (Å²) in [6.07, 6.45) is 3.51. The Morgan fingerprint density at radius 2 is 1.85 bits per heavy atom. The monoisotopic (exact) mass is 382 g/mol. The van der Waals surface area contributed by atoms with Crippen molar-refractivity contribution in [1.82, 2.24) is 10.3 Å². The highest BCUT2D eigenvalue weighted by molar-refractivity contribution is 7.11. The number of hydrogen-bond acceptors (Lipinski definition) is 5. The van der Waals surface area contributed by atoms with Crippen molar-refractivity contribution in [1.29, 1.82) is 0 Å². The number of carbonyl (C=O) groups is 1. The van der Waals surface area contributed by atoms with Gasteiger partial charge in [0.15, 0.2) is 11.5 Å². The van der Waals surface area contributed by atoms with E-state index < -0.39 is 0 Å². The fourth-order valence-corrected chi connectivity index (χ4v) is 3.66. The third-order valence-electron chi connectivity index (χ3n) is 4.09. The zero-order chi connectivity index (χ0) is 19.1. The van der Waals surface area contributed by atoms with Gasteiger partial charge in [-0.3, -0.25) is 4.79 Å². The lowest BCUT2D eigenvalue weighted by molar-refractivity contribution is 0.0953. The van der Waals surface area contributed by atoms with Crippen LogP contribution in [0.1, 0.15) is 25.8 Å². The number of ether oxygens (including phenoxy) is 2. The number of aromatic nitrogens is 1. The van der Waals surface area contributed by atoms with E-state index in [2.05, 4.69) is 22.4 Å². The van der Waals surface area contributed by atoms with Crippen molar-refractivity contribution in [3.05, 3.63) is 75.7 Å². The van der Waals surface area contributed by atoms with Gasteiger partial charge in [0.25, 0.3) is 5.91 Å². The van der Waals surface area contributed by atoms with Crippen LogP contribution in [-0.4, -0.2) is 31.7 Å². The van der Waals surface area contributed by atoms with Crippen molar-refractivity contribution in [3.8, 4) is 11.5 Å². The van der Waals surface area contributed by atoms with E-state index >= 15 is 0 Å². The summed E-state index contributed by atoms with van der Waals surface area (Å²) in [7, 11) is 3.12. The minimum absolute atomic E-state index is 0.142. The molecular formula is C21H22N2O3S. The molecule has 0 saturated heterocycles. The standard InChI is InChI=1S/C21H22N2O3S/c1-25-18-9-8-16(13-19(18)26-2)21(24)22-11-10-20-23-14-17(27-20)12-15-6-4-3-5-7-15/h3-9,13-14H,10-12H2,1-2H3,(H,22,24). The van der Waals surface area contributed by atoms with E-state index in [1.54, 1.807) is 43.8 Å². The number of hydrogen-bond donors (Lipinski definition) is 1. The first-order valence-electron chi connectivity index (χ1n) is 8.67. The molecule has 0 fully saturated rings. The topological polar surface area (TPSA) is 60.5 Å². The average Bonchev–Trinajstić information content (AvgIpc) is 3.15. The molecule has 0 aliphatic heterocycles. The zero-order valence-corrected chi connectivity index (χ0v) is 16.2. The normalized spacial score (nSPS) is 10.4. The van der Waals surface area contributed by atoms with Crippen molar-refractivity contribution in [2.24, 2.45) is 0 Å². The van der Waals surface area contributed by atoms with E-state index in [9.17, 15) is 4.79 Å². The summed E-state index contributed by atoms with van der Waals surface area (Å²) in [4.78, 5) is 18.0. The van der Waals surface area contributed by atoms with Gasteiger partial charge in [-0.25, -0.2) is 4.98 Å². The van der Waals surface area contributed by atoms with E-state index in [4.69, 9.17) is 9.47 Å². The molecule has 2 aromatic carbocycles. The van der Waals surface area contributed by atoms with Gasteiger partial charge in [-0.15, -0.1) is 11.3 Å². The van der Waals surface area contributed by atoms with Crippen molar-refractivity contribution in [2.75, 3.05) is 20.8 Å². The van der Waals surface area contributed by atoms with Crippen LogP contribution >= 0.6 is 11.3 Å². The molecule has 0 unspecified atom stereocenters. The van der Waals surface area contributed by atoms with Gasteiger partial charge in [-0.1, -0.05) is 30.3 Å². The van der Waals surface area contributed by atoms with Gasteiger partial charge >= 0.3 is 0 Å². The predicted molar refractivity (Wildman–Crippen MR) is 107 cm³/mol. The Morgan fingerprint density at radius 3 is 2.59 bits per heavy atom. The van der Waals surface area contributed by atoms with Crippen LogP contribution in [0.3, 0.4) is 0 Å². The van der Waals surface area contributed by atoms with Crippen LogP contribution in [0.2, 0.25) is 0 Å². The van der Waals surface area contributed by atoms with Crippen LogP contribution < -0.4 is 14.8 Å². The minimum Gasteiger partial charge on any atom is -0.493 e. The smallest absolute Gasteiger partial charge is 0.251 e. The molecule has 0 aliphatic rings. The molecule has 1 amide bonds. The SMILES string of the molecule is COc1ccc(C(=O)NCCc2ncc(Cc3ccccc3)s2)cc1OC. The van der Waals surface area contributed by atoms with Gasteiger partial charge < -0.3 is 14.8 Å². The van der Waals surface area contributed by atoms with Crippen molar-refractivity contribution < 1.29 is 14.3 Å². The Balaban J connectivity index is 1.52. The maximum absolute atomic E-state index is 12.3. The van der Waals surface area contributed by atoms with Crippen LogP contribution in [0.4, 0.5) is 0 Å². The summed E-state index contributed by atoms with van der Waals surface area (Å²) in [5.41, 5.74) is 1.81. The molecule has 1 heterocycles. The number of amides is 1. The Bertz CT molecular complexity index is 893. The number of carbonyl (C=O) groups excluding carboxylic acids is 1. The second-order valence-electron chi connectivity index (χ2n) is 5.96. The second-order valence-corrected chi connectivity index (χ2v) is 7.16. The third-order valence-corrected chi connectivity index (χ3v) is 5.15. The molecule has 3 aromatic rings. The highest BCUT2D eigenvalue weighted by atomic mass is 32.1. The summed E-state index contributed by atoms with van der Waals surface area (Å²) < 4.78 is 10.4. The Morgan fingerprint density at radius 1 is 1.07 bits per heavy atom. The van der Waals surface area contributed by atoms with E-state index in [0.29, 0.717) is 30.0 Å². The first-order valence-corrected chi connectivity index (χ1v) is 9.49. The highest BCUT2D eigenvalue weighted by Gasteiger charge is 2.11. The molecule has 0 saturated carbocycles. The van der Waals surface area contributed by atoms with Crippen LogP contribution in [0.25, 0.3) is 0 Å². The number of rotatable bonds is 8. The van der Waals surface area contributed by atoms with Crippen molar-refractivity contribution in [2.45, 2.75) is 12.8 Å². The van der Waals surface area contributed by atoms with Gasteiger partial charge in [-0.05, 0) is 23.8 Å². The Kier molecular flexibility index (Phi) is 6.44. The van der Waals surface area contributed by atoms with Gasteiger partial charge in [0, 0.05) is 36.0 Å². The van der Waals surface area contributed by atoms with E-state index in [1.807, 2.05) is 24.4 Å². The molecule has 27 heavy (non-hydrogen) atoms. The number of nitrogens with one attached hydrogen (secondary N) is 1. The molecule has 0 bridgehead atoms. The lowest BCUT2D eigenvalue weighted by Crippen LogP contribution is -2.25. The van der Waals surface area contributed by atoms with E-state index in [-0.39, 0.29) is 5.91 Å². The molecule has 140 valence electrons. The number of nitrogens with zero attached hydrogens (tertiary/aromatic N) is 1. The summed E-state index contributed by atoms with van der Waals surface area (Å²) >= 11 is 1.69. The van der Waals surface area contributed by atoms with Gasteiger partial charge in [0.1, 0.15) is 0 Å². The first kappa shape index (κ1) is 18.9. The number of benzene rings is 2.